The van der Waals surface area contributed by atoms with E-state index in [-0.39, 0.29) is 30.5 Å². The fourth-order valence-corrected chi connectivity index (χ4v) is 2.30. The van der Waals surface area contributed by atoms with Gasteiger partial charge in [-0.25, -0.2) is 8.78 Å². The zero-order valence-electron chi connectivity index (χ0n) is 13.0. The van der Waals surface area contributed by atoms with Gasteiger partial charge in [-0.05, 0) is 31.5 Å². The van der Waals surface area contributed by atoms with Crippen molar-refractivity contribution in [1.29, 1.82) is 0 Å². The summed E-state index contributed by atoms with van der Waals surface area (Å²) in [6.07, 6.45) is 0.740. The molecule has 1 aliphatic heterocycles. The molecule has 126 valence electrons. The number of carbonyl (C=O) groups excluding carboxylic acids is 2. The summed E-state index contributed by atoms with van der Waals surface area (Å²) < 4.78 is 31.2. The normalized spacial score (nSPS) is 14.5. The monoisotopic (exact) mass is 326 g/mol. The Morgan fingerprint density at radius 2 is 2.04 bits per heavy atom. The van der Waals surface area contributed by atoms with Gasteiger partial charge in [-0.1, -0.05) is 0 Å². The Labute approximate surface area is 133 Å². The number of likely N-dealkylation sites (tertiary alicyclic amines) is 1. The highest BCUT2D eigenvalue weighted by Crippen LogP contribution is 2.20. The number of rotatable bonds is 7. The third-order valence-corrected chi connectivity index (χ3v) is 3.67. The van der Waals surface area contributed by atoms with Crippen molar-refractivity contribution >= 4 is 11.8 Å². The Kier molecular flexibility index (Phi) is 6.04. The molecule has 2 amide bonds. The predicted octanol–water partition coefficient (Wildman–Crippen LogP) is 1.58. The molecule has 0 bridgehead atoms. The molecule has 1 N–H and O–H groups in total. The molecule has 0 aromatic heterocycles. The molecule has 2 rings (SSSR count). The van der Waals surface area contributed by atoms with Gasteiger partial charge in [-0.3, -0.25) is 9.59 Å². The maximum Gasteiger partial charge on any atom is 0.254 e. The predicted molar refractivity (Wildman–Crippen MR) is 79.9 cm³/mol. The zero-order valence-corrected chi connectivity index (χ0v) is 13.0. The number of hydrogen-bond donors (Lipinski definition) is 1. The van der Waals surface area contributed by atoms with Crippen LogP contribution >= 0.6 is 0 Å². The van der Waals surface area contributed by atoms with Crippen LogP contribution in [0.2, 0.25) is 0 Å². The highest BCUT2D eigenvalue weighted by molar-refractivity contribution is 5.96. The SMILES string of the molecule is CCOCCCNC(=O)C1CN(C(=O)c2ccc(F)c(F)c2)C1. The molecular weight excluding hydrogens is 306 g/mol. The summed E-state index contributed by atoms with van der Waals surface area (Å²) in [7, 11) is 0. The summed E-state index contributed by atoms with van der Waals surface area (Å²) in [4.78, 5) is 25.4. The van der Waals surface area contributed by atoms with Crippen LogP contribution in [0.5, 0.6) is 0 Å². The lowest BCUT2D eigenvalue weighted by atomic mass is 9.97. The van der Waals surface area contributed by atoms with Crippen LogP contribution < -0.4 is 5.32 Å². The summed E-state index contributed by atoms with van der Waals surface area (Å²) in [6.45, 7) is 4.27. The highest BCUT2D eigenvalue weighted by Gasteiger charge is 2.35. The lowest BCUT2D eigenvalue weighted by Crippen LogP contribution is -2.55. The average Bonchev–Trinajstić information content (AvgIpc) is 2.48. The van der Waals surface area contributed by atoms with E-state index in [1.165, 1.54) is 11.0 Å². The topological polar surface area (TPSA) is 58.6 Å². The van der Waals surface area contributed by atoms with Crippen molar-refractivity contribution in [2.45, 2.75) is 13.3 Å². The van der Waals surface area contributed by atoms with Crippen LogP contribution in [0, 0.1) is 17.6 Å². The summed E-state index contributed by atoms with van der Waals surface area (Å²) in [5.74, 6) is -2.80. The van der Waals surface area contributed by atoms with Gasteiger partial charge in [0, 0.05) is 38.4 Å². The van der Waals surface area contributed by atoms with Gasteiger partial charge in [0.05, 0.1) is 5.92 Å². The standard InChI is InChI=1S/C16H20F2N2O3/c1-2-23-7-3-6-19-15(21)12-9-20(10-12)16(22)11-4-5-13(17)14(18)8-11/h4-5,8,12H,2-3,6-7,9-10H2,1H3,(H,19,21). The fraction of sp³-hybridized carbons (Fsp3) is 0.500. The quantitative estimate of drug-likeness (QED) is 0.774. The molecule has 23 heavy (non-hydrogen) atoms. The third-order valence-electron chi connectivity index (χ3n) is 3.67. The summed E-state index contributed by atoms with van der Waals surface area (Å²) in [5.41, 5.74) is 0.0828. The van der Waals surface area contributed by atoms with E-state index in [4.69, 9.17) is 4.74 Å². The van der Waals surface area contributed by atoms with E-state index in [2.05, 4.69) is 5.32 Å². The van der Waals surface area contributed by atoms with E-state index in [1.54, 1.807) is 0 Å². The van der Waals surface area contributed by atoms with Gasteiger partial charge in [0.2, 0.25) is 5.91 Å². The number of carbonyl (C=O) groups is 2. The Bertz CT molecular complexity index is 574. The molecule has 0 saturated carbocycles. The molecule has 1 aromatic carbocycles. The summed E-state index contributed by atoms with van der Waals surface area (Å²) in [6, 6.07) is 3.03. The highest BCUT2D eigenvalue weighted by atomic mass is 19.2. The molecule has 0 unspecified atom stereocenters. The van der Waals surface area contributed by atoms with Crippen LogP contribution in [0.25, 0.3) is 0 Å². The molecular formula is C16H20F2N2O3. The zero-order chi connectivity index (χ0) is 16.8. The largest absolute Gasteiger partial charge is 0.382 e. The van der Waals surface area contributed by atoms with E-state index >= 15 is 0 Å². The number of amides is 2. The first-order chi connectivity index (χ1) is 11.0. The van der Waals surface area contributed by atoms with Gasteiger partial charge in [-0.15, -0.1) is 0 Å². The molecule has 1 aliphatic rings. The molecule has 5 nitrogen and oxygen atoms in total. The van der Waals surface area contributed by atoms with Crippen molar-refractivity contribution < 1.29 is 23.1 Å². The van der Waals surface area contributed by atoms with Gasteiger partial charge >= 0.3 is 0 Å². The second-order valence-electron chi connectivity index (χ2n) is 5.38. The summed E-state index contributed by atoms with van der Waals surface area (Å²) in [5, 5.41) is 2.79. The van der Waals surface area contributed by atoms with E-state index in [0.717, 1.165) is 18.6 Å². The number of nitrogens with zero attached hydrogens (tertiary/aromatic N) is 1. The third kappa shape index (κ3) is 4.48. The lowest BCUT2D eigenvalue weighted by molar-refractivity contribution is -0.129. The maximum absolute atomic E-state index is 13.1. The van der Waals surface area contributed by atoms with Gasteiger partial charge in [0.1, 0.15) is 0 Å². The lowest BCUT2D eigenvalue weighted by Gasteiger charge is -2.38. The van der Waals surface area contributed by atoms with Gasteiger partial charge in [0.25, 0.3) is 5.91 Å². The number of nitrogens with one attached hydrogen (secondary N) is 1. The van der Waals surface area contributed by atoms with E-state index in [9.17, 15) is 18.4 Å². The Hall–Kier alpha value is -2.02. The Morgan fingerprint density at radius 3 is 2.70 bits per heavy atom. The molecule has 7 heteroatoms. The second-order valence-corrected chi connectivity index (χ2v) is 5.38. The first kappa shape index (κ1) is 17.3. The smallest absolute Gasteiger partial charge is 0.254 e. The van der Waals surface area contributed by atoms with Crippen molar-refractivity contribution in [3.8, 4) is 0 Å². The van der Waals surface area contributed by atoms with Crippen LogP contribution in [0.3, 0.4) is 0 Å². The maximum atomic E-state index is 13.1. The molecule has 1 aromatic rings. The first-order valence-electron chi connectivity index (χ1n) is 7.62. The molecule has 1 saturated heterocycles. The van der Waals surface area contributed by atoms with Crippen molar-refractivity contribution in [2.24, 2.45) is 5.92 Å². The minimum Gasteiger partial charge on any atom is -0.382 e. The Morgan fingerprint density at radius 1 is 1.30 bits per heavy atom. The Balaban J connectivity index is 1.74. The molecule has 1 fully saturated rings. The minimum absolute atomic E-state index is 0.0828. The van der Waals surface area contributed by atoms with E-state index < -0.39 is 17.5 Å². The number of ether oxygens (including phenoxy) is 1. The van der Waals surface area contributed by atoms with Crippen LogP contribution in [0.1, 0.15) is 23.7 Å². The van der Waals surface area contributed by atoms with Crippen molar-refractivity contribution in [3.05, 3.63) is 35.4 Å². The molecule has 1 heterocycles. The van der Waals surface area contributed by atoms with E-state index in [0.29, 0.717) is 19.8 Å². The van der Waals surface area contributed by atoms with Gasteiger partial charge < -0.3 is 15.0 Å². The number of hydrogen-bond acceptors (Lipinski definition) is 3. The van der Waals surface area contributed by atoms with Crippen LogP contribution in [0.4, 0.5) is 8.78 Å². The molecule has 0 radical (unpaired) electrons. The van der Waals surface area contributed by atoms with Gasteiger partial charge in [0.15, 0.2) is 11.6 Å². The fourth-order valence-electron chi connectivity index (χ4n) is 2.30. The van der Waals surface area contributed by atoms with Crippen LogP contribution in [-0.2, 0) is 9.53 Å². The van der Waals surface area contributed by atoms with Gasteiger partial charge in [-0.2, -0.15) is 0 Å². The number of halogens is 2. The summed E-state index contributed by atoms with van der Waals surface area (Å²) >= 11 is 0. The molecule has 0 atom stereocenters. The second kappa shape index (κ2) is 8.01. The van der Waals surface area contributed by atoms with Crippen molar-refractivity contribution in [3.63, 3.8) is 0 Å². The first-order valence-corrected chi connectivity index (χ1v) is 7.62. The van der Waals surface area contributed by atoms with E-state index in [1.807, 2.05) is 6.92 Å². The van der Waals surface area contributed by atoms with Crippen LogP contribution in [-0.4, -0.2) is 49.6 Å². The molecule has 0 aliphatic carbocycles. The van der Waals surface area contributed by atoms with Crippen LogP contribution in [0.15, 0.2) is 18.2 Å². The van der Waals surface area contributed by atoms with Crippen molar-refractivity contribution in [1.82, 2.24) is 10.2 Å². The average molecular weight is 326 g/mol. The van der Waals surface area contributed by atoms with Crippen molar-refractivity contribution in [2.75, 3.05) is 32.8 Å². The number of benzene rings is 1. The minimum atomic E-state index is -1.06. The molecule has 0 spiro atoms.